The maximum absolute atomic E-state index is 12.8. The molecular formula is C31H28ClF3N6O8. The zero-order valence-corrected chi connectivity index (χ0v) is 26.3. The number of amides is 4. The second-order valence-corrected chi connectivity index (χ2v) is 11.7. The smallest absolute Gasteiger partial charge is 0.471 e. The summed E-state index contributed by atoms with van der Waals surface area (Å²) in [5.41, 5.74) is 5.46. The fourth-order valence-electron chi connectivity index (χ4n) is 4.88. The first-order valence-electron chi connectivity index (χ1n) is 14.5. The maximum atomic E-state index is 12.8. The van der Waals surface area contributed by atoms with E-state index in [2.05, 4.69) is 15.8 Å². The van der Waals surface area contributed by atoms with Gasteiger partial charge in [-0.1, -0.05) is 41.9 Å². The van der Waals surface area contributed by atoms with Crippen molar-refractivity contribution in [3.05, 3.63) is 76.6 Å². The number of carbonyl (C=O) groups is 5. The van der Waals surface area contributed by atoms with Crippen LogP contribution in [-0.4, -0.2) is 68.8 Å². The lowest BCUT2D eigenvalue weighted by Crippen LogP contribution is -2.48. The predicted molar refractivity (Wildman–Crippen MR) is 165 cm³/mol. The average Bonchev–Trinajstić information content (AvgIpc) is 3.95. The van der Waals surface area contributed by atoms with Gasteiger partial charge in [0.1, 0.15) is 16.8 Å². The number of rotatable bonds is 10. The minimum absolute atomic E-state index is 0.0329. The molecule has 0 saturated heterocycles. The number of carbonyl (C=O) groups excluding carboxylic acids is 4. The molecule has 14 nitrogen and oxygen atoms in total. The van der Waals surface area contributed by atoms with Crippen LogP contribution < -0.4 is 26.4 Å². The van der Waals surface area contributed by atoms with Crippen LogP contribution in [0.2, 0.25) is 5.02 Å². The lowest BCUT2D eigenvalue weighted by atomic mass is 10.1. The summed E-state index contributed by atoms with van der Waals surface area (Å²) in [5.74, 6) is -4.94. The molecule has 0 unspecified atom stereocenters. The van der Waals surface area contributed by atoms with Gasteiger partial charge in [0.05, 0.1) is 23.7 Å². The standard InChI is InChI=1S/C25H22ClN5O5.C6H6F3NO3/c1-35-19-12-18(36-30-19)23(33)29-25(10-11-25)24(34)28-13-14-6-8-15(9-7-14)31-17-5-3-2-4-16(17)20(26)21(31)22(27)32;7-6(8,9)3(11)10-5(1-2-5)4(12)13/h2-9,12H,10-11,13H2,1H3,(H2,27,32)(H,28,34)(H,29,33);1-2H2,(H,10,11)(H,12,13). The van der Waals surface area contributed by atoms with Gasteiger partial charge >= 0.3 is 18.1 Å². The maximum Gasteiger partial charge on any atom is 0.471 e. The van der Waals surface area contributed by atoms with Crippen LogP contribution in [0.1, 0.15) is 52.3 Å². The Labute approximate surface area is 279 Å². The second kappa shape index (κ2) is 13.1. The van der Waals surface area contributed by atoms with Crippen LogP contribution in [0.5, 0.6) is 5.88 Å². The first-order chi connectivity index (χ1) is 23.1. The number of carboxylic acids is 1. The van der Waals surface area contributed by atoms with E-state index in [9.17, 15) is 37.1 Å². The molecule has 4 aromatic rings. The van der Waals surface area contributed by atoms with E-state index in [1.54, 1.807) is 4.57 Å². The van der Waals surface area contributed by atoms with Crippen LogP contribution in [0.15, 0.2) is 59.1 Å². The molecule has 2 aliphatic carbocycles. The molecule has 49 heavy (non-hydrogen) atoms. The highest BCUT2D eigenvalue weighted by molar-refractivity contribution is 6.39. The van der Waals surface area contributed by atoms with E-state index >= 15 is 0 Å². The van der Waals surface area contributed by atoms with Crippen LogP contribution in [0, 0.1) is 0 Å². The monoisotopic (exact) mass is 704 g/mol. The number of ether oxygens (including phenoxy) is 1. The summed E-state index contributed by atoms with van der Waals surface area (Å²) < 4.78 is 46.6. The number of nitrogens with two attached hydrogens (primary N) is 1. The quantitative estimate of drug-likeness (QED) is 0.164. The molecule has 2 saturated carbocycles. The van der Waals surface area contributed by atoms with E-state index in [0.29, 0.717) is 23.6 Å². The summed E-state index contributed by atoms with van der Waals surface area (Å²) in [7, 11) is 1.41. The highest BCUT2D eigenvalue weighted by Gasteiger charge is 2.55. The van der Waals surface area contributed by atoms with Crippen molar-refractivity contribution >= 4 is 52.1 Å². The molecule has 2 aromatic carbocycles. The van der Waals surface area contributed by atoms with Gasteiger partial charge in [-0.15, -0.1) is 0 Å². The Balaban J connectivity index is 0.000000304. The van der Waals surface area contributed by atoms with Gasteiger partial charge in [-0.05, 0) is 54.6 Å². The number of halogens is 4. The fourth-order valence-corrected chi connectivity index (χ4v) is 5.22. The number of methoxy groups -OCH3 is 1. The molecule has 0 bridgehead atoms. The van der Waals surface area contributed by atoms with Crippen molar-refractivity contribution in [2.24, 2.45) is 5.73 Å². The summed E-state index contributed by atoms with van der Waals surface area (Å²) in [6.07, 6.45) is -3.89. The van der Waals surface area contributed by atoms with Crippen LogP contribution in [-0.2, 0) is 20.9 Å². The third-order valence-electron chi connectivity index (χ3n) is 7.92. The number of aromatic nitrogens is 2. The van der Waals surface area contributed by atoms with E-state index < -0.39 is 40.9 Å². The number of fused-ring (bicyclic) bond motifs is 1. The predicted octanol–water partition coefficient (Wildman–Crippen LogP) is 3.24. The van der Waals surface area contributed by atoms with E-state index in [1.165, 1.54) is 18.5 Å². The van der Waals surface area contributed by atoms with Gasteiger partial charge in [-0.2, -0.15) is 13.2 Å². The number of nitrogens with one attached hydrogen (secondary N) is 3. The molecule has 6 rings (SSSR count). The SMILES string of the molecule is COc1cc(C(=O)NC2(C(=O)NCc3ccc(-n4c(C(N)=O)c(Cl)c5ccccc54)cc3)CC2)on1.O=C(NC1(C(=O)O)CC1)C(F)(F)F. The number of nitrogens with zero attached hydrogens (tertiary/aromatic N) is 2. The van der Waals surface area contributed by atoms with Gasteiger partial charge in [-0.25, -0.2) is 4.79 Å². The van der Waals surface area contributed by atoms with Crippen LogP contribution >= 0.6 is 11.6 Å². The minimum Gasteiger partial charge on any atom is -0.480 e. The van der Waals surface area contributed by atoms with Gasteiger partial charge in [0.25, 0.3) is 17.7 Å². The van der Waals surface area contributed by atoms with Gasteiger partial charge in [0.2, 0.25) is 11.7 Å². The van der Waals surface area contributed by atoms with Crippen molar-refractivity contribution in [3.63, 3.8) is 0 Å². The number of benzene rings is 2. The Morgan fingerprint density at radius 3 is 2.18 bits per heavy atom. The minimum atomic E-state index is -5.02. The van der Waals surface area contributed by atoms with Gasteiger partial charge in [0.15, 0.2) is 0 Å². The first kappa shape index (κ1) is 34.7. The molecule has 0 spiro atoms. The molecular weight excluding hydrogens is 677 g/mol. The zero-order valence-electron chi connectivity index (χ0n) is 25.5. The highest BCUT2D eigenvalue weighted by atomic mass is 35.5. The summed E-state index contributed by atoms with van der Waals surface area (Å²) in [6, 6.07) is 16.1. The van der Waals surface area contributed by atoms with Crippen molar-refractivity contribution in [1.82, 2.24) is 25.7 Å². The Morgan fingerprint density at radius 2 is 1.65 bits per heavy atom. The molecule has 258 valence electrons. The number of carboxylic acid groups (broad SMARTS) is 1. The summed E-state index contributed by atoms with van der Waals surface area (Å²) >= 11 is 6.44. The van der Waals surface area contributed by atoms with E-state index in [-0.39, 0.29) is 42.6 Å². The zero-order chi connectivity index (χ0) is 35.7. The lowest BCUT2D eigenvalue weighted by Gasteiger charge is -2.16. The molecule has 2 fully saturated rings. The molecule has 2 aromatic heterocycles. The first-order valence-corrected chi connectivity index (χ1v) is 14.9. The Hall–Kier alpha value is -5.58. The number of para-hydroxylation sites is 1. The number of primary amides is 1. The molecule has 2 heterocycles. The molecule has 6 N–H and O–H groups in total. The molecule has 0 aliphatic heterocycles. The molecule has 18 heteroatoms. The van der Waals surface area contributed by atoms with Crippen molar-refractivity contribution in [2.45, 2.75) is 49.5 Å². The van der Waals surface area contributed by atoms with E-state index in [4.69, 9.17) is 31.7 Å². The Morgan fingerprint density at radius 1 is 1.02 bits per heavy atom. The normalized spacial score (nSPS) is 15.3. The number of hydrogen-bond acceptors (Lipinski definition) is 8. The Bertz CT molecular complexity index is 1950. The number of hydrogen-bond donors (Lipinski definition) is 5. The second-order valence-electron chi connectivity index (χ2n) is 11.3. The summed E-state index contributed by atoms with van der Waals surface area (Å²) in [6.45, 7) is 0.253. The van der Waals surface area contributed by atoms with E-state index in [1.807, 2.05) is 48.5 Å². The van der Waals surface area contributed by atoms with Crippen LogP contribution in [0.3, 0.4) is 0 Å². The van der Waals surface area contributed by atoms with Crippen LogP contribution in [0.4, 0.5) is 13.2 Å². The van der Waals surface area contributed by atoms with Gasteiger partial charge in [0, 0.05) is 17.6 Å². The number of alkyl halides is 3. The third-order valence-corrected chi connectivity index (χ3v) is 8.31. The largest absolute Gasteiger partial charge is 0.480 e. The van der Waals surface area contributed by atoms with Gasteiger partial charge in [-0.3, -0.25) is 19.2 Å². The average molecular weight is 705 g/mol. The van der Waals surface area contributed by atoms with Gasteiger partial charge < -0.3 is 40.6 Å². The summed E-state index contributed by atoms with van der Waals surface area (Å²) in [4.78, 5) is 58.1. The topological polar surface area (TPSA) is 208 Å². The molecule has 4 amide bonds. The molecule has 0 radical (unpaired) electrons. The van der Waals surface area contributed by atoms with Crippen LogP contribution in [0.25, 0.3) is 16.6 Å². The highest BCUT2D eigenvalue weighted by Crippen LogP contribution is 2.37. The lowest BCUT2D eigenvalue weighted by molar-refractivity contribution is -0.176. The third kappa shape index (κ3) is 7.30. The van der Waals surface area contributed by atoms with Crippen molar-refractivity contribution in [3.8, 4) is 11.6 Å². The van der Waals surface area contributed by atoms with E-state index in [0.717, 1.165) is 16.5 Å². The van der Waals surface area contributed by atoms with Crippen molar-refractivity contribution in [1.29, 1.82) is 0 Å². The van der Waals surface area contributed by atoms with Crippen molar-refractivity contribution in [2.75, 3.05) is 7.11 Å². The number of aliphatic carboxylic acids is 1. The fraction of sp³-hybridized carbons (Fsp3) is 0.290. The Kier molecular flexibility index (Phi) is 9.32. The molecule has 0 atom stereocenters. The summed E-state index contributed by atoms with van der Waals surface area (Å²) in [5, 5.41) is 20.1. The van der Waals surface area contributed by atoms with Crippen molar-refractivity contribution < 1.29 is 51.5 Å². The molecule has 2 aliphatic rings.